The van der Waals surface area contributed by atoms with Gasteiger partial charge in [-0.05, 0) is 36.4 Å². The van der Waals surface area contributed by atoms with E-state index in [1.54, 1.807) is 6.20 Å². The molecule has 0 spiro atoms. The van der Waals surface area contributed by atoms with Crippen molar-refractivity contribution in [1.82, 2.24) is 14.8 Å². The molecule has 2 aromatic rings. The lowest BCUT2D eigenvalue weighted by Gasteiger charge is -2.35. The molecule has 0 saturated carbocycles. The second-order valence-electron chi connectivity index (χ2n) is 7.19. The Bertz CT molecular complexity index is 808. The number of nitrogens with one attached hydrogen (secondary N) is 1. The van der Waals surface area contributed by atoms with Gasteiger partial charge in [0.2, 0.25) is 5.91 Å². The number of carbonyl (C=O) groups excluding carboxylic acids is 1. The molecular formula is C21H25FN4O3. The highest BCUT2D eigenvalue weighted by Crippen LogP contribution is 2.14. The van der Waals surface area contributed by atoms with Crippen LogP contribution in [0.4, 0.5) is 10.1 Å². The first-order valence-corrected chi connectivity index (χ1v) is 9.62. The number of carbonyl (C=O) groups is 2. The van der Waals surface area contributed by atoms with Crippen molar-refractivity contribution in [3.05, 3.63) is 60.2 Å². The van der Waals surface area contributed by atoms with E-state index in [4.69, 9.17) is 0 Å². The molecule has 1 aromatic heterocycles. The van der Waals surface area contributed by atoms with Crippen LogP contribution >= 0.6 is 0 Å². The molecule has 1 atom stereocenters. The number of aliphatic carboxylic acids is 1. The van der Waals surface area contributed by atoms with E-state index in [0.29, 0.717) is 12.2 Å². The molecule has 29 heavy (non-hydrogen) atoms. The standard InChI is InChI=1S/C21H25FN4O3/c22-17-4-6-18(7-5-17)24-20(27)13-16(21(28)29)14-25-9-11-26(12-10-25)15-19-3-1-2-8-23-19/h1-8,16H,9-15H2,(H,24,27)(H,28,29)/t16-/m1/s1. The number of pyridine rings is 1. The molecule has 0 aliphatic carbocycles. The summed E-state index contributed by atoms with van der Waals surface area (Å²) in [6.45, 7) is 4.24. The molecule has 1 saturated heterocycles. The van der Waals surface area contributed by atoms with Gasteiger partial charge in [-0.1, -0.05) is 6.07 Å². The van der Waals surface area contributed by atoms with Gasteiger partial charge in [0, 0.05) is 57.6 Å². The number of carboxylic acids is 1. The maximum atomic E-state index is 12.9. The Kier molecular flexibility index (Phi) is 7.26. The number of benzene rings is 1. The summed E-state index contributed by atoms with van der Waals surface area (Å²) < 4.78 is 12.9. The van der Waals surface area contributed by atoms with Crippen molar-refractivity contribution in [3.63, 3.8) is 0 Å². The van der Waals surface area contributed by atoms with Crippen LogP contribution in [0.15, 0.2) is 48.7 Å². The smallest absolute Gasteiger partial charge is 0.308 e. The molecule has 1 aromatic carbocycles. The van der Waals surface area contributed by atoms with Gasteiger partial charge >= 0.3 is 5.97 Å². The van der Waals surface area contributed by atoms with Gasteiger partial charge in [-0.25, -0.2) is 4.39 Å². The Morgan fingerprint density at radius 2 is 1.76 bits per heavy atom. The lowest BCUT2D eigenvalue weighted by Crippen LogP contribution is -2.48. The second kappa shape index (κ2) is 10.1. The summed E-state index contributed by atoms with van der Waals surface area (Å²) in [5.41, 5.74) is 1.46. The number of amides is 1. The molecule has 1 aliphatic heterocycles. The number of halogens is 1. The lowest BCUT2D eigenvalue weighted by molar-refractivity contribution is -0.144. The summed E-state index contributed by atoms with van der Waals surface area (Å²) in [5, 5.41) is 12.2. The van der Waals surface area contributed by atoms with Crippen LogP contribution in [0.5, 0.6) is 0 Å². The molecule has 0 radical (unpaired) electrons. The maximum Gasteiger partial charge on any atom is 0.308 e. The number of rotatable bonds is 8. The normalized spacial score (nSPS) is 16.3. The summed E-state index contributed by atoms with van der Waals surface area (Å²) in [6, 6.07) is 11.2. The van der Waals surface area contributed by atoms with Crippen molar-refractivity contribution in [3.8, 4) is 0 Å². The summed E-state index contributed by atoms with van der Waals surface area (Å²) in [5.74, 6) is -2.57. The number of hydrogen-bond donors (Lipinski definition) is 2. The first-order chi connectivity index (χ1) is 14.0. The fourth-order valence-corrected chi connectivity index (χ4v) is 3.36. The first kappa shape index (κ1) is 20.9. The molecule has 1 fully saturated rings. The minimum absolute atomic E-state index is 0.124. The molecule has 154 valence electrons. The Hall–Kier alpha value is -2.84. The van der Waals surface area contributed by atoms with E-state index >= 15 is 0 Å². The van der Waals surface area contributed by atoms with Crippen LogP contribution in [-0.4, -0.2) is 64.5 Å². The maximum absolute atomic E-state index is 12.9. The van der Waals surface area contributed by atoms with Crippen molar-refractivity contribution >= 4 is 17.6 Å². The van der Waals surface area contributed by atoms with Crippen molar-refractivity contribution in [2.45, 2.75) is 13.0 Å². The summed E-state index contributed by atoms with van der Waals surface area (Å²) in [4.78, 5) is 32.6. The minimum atomic E-state index is -0.991. The quantitative estimate of drug-likeness (QED) is 0.706. The Labute approximate surface area is 169 Å². The first-order valence-electron chi connectivity index (χ1n) is 9.62. The molecular weight excluding hydrogens is 375 g/mol. The molecule has 0 bridgehead atoms. The van der Waals surface area contributed by atoms with Gasteiger partial charge in [0.05, 0.1) is 11.6 Å². The highest BCUT2D eigenvalue weighted by molar-refractivity contribution is 5.93. The van der Waals surface area contributed by atoms with Crippen molar-refractivity contribution in [2.75, 3.05) is 38.0 Å². The van der Waals surface area contributed by atoms with E-state index in [1.165, 1.54) is 24.3 Å². The summed E-state index contributed by atoms with van der Waals surface area (Å²) in [7, 11) is 0. The van der Waals surface area contributed by atoms with E-state index in [0.717, 1.165) is 38.4 Å². The van der Waals surface area contributed by atoms with Crippen LogP contribution in [0.1, 0.15) is 12.1 Å². The highest BCUT2D eigenvalue weighted by Gasteiger charge is 2.26. The zero-order valence-electron chi connectivity index (χ0n) is 16.1. The number of carboxylic acid groups (broad SMARTS) is 1. The number of anilines is 1. The predicted molar refractivity (Wildman–Crippen MR) is 107 cm³/mol. The molecule has 3 rings (SSSR count). The van der Waals surface area contributed by atoms with E-state index in [-0.39, 0.29) is 6.42 Å². The van der Waals surface area contributed by atoms with Gasteiger partial charge < -0.3 is 10.4 Å². The zero-order chi connectivity index (χ0) is 20.6. The van der Waals surface area contributed by atoms with Crippen molar-refractivity contribution in [1.29, 1.82) is 0 Å². The van der Waals surface area contributed by atoms with Gasteiger partial charge in [-0.3, -0.25) is 24.4 Å². The van der Waals surface area contributed by atoms with E-state index in [9.17, 15) is 19.1 Å². The Morgan fingerprint density at radius 1 is 1.07 bits per heavy atom. The third-order valence-corrected chi connectivity index (χ3v) is 4.96. The van der Waals surface area contributed by atoms with Gasteiger partial charge in [-0.15, -0.1) is 0 Å². The largest absolute Gasteiger partial charge is 0.481 e. The number of hydrogen-bond acceptors (Lipinski definition) is 5. The molecule has 2 heterocycles. The van der Waals surface area contributed by atoms with Crippen LogP contribution in [-0.2, 0) is 16.1 Å². The fourth-order valence-electron chi connectivity index (χ4n) is 3.36. The molecule has 1 amide bonds. The predicted octanol–water partition coefficient (Wildman–Crippen LogP) is 2.07. The average molecular weight is 400 g/mol. The van der Waals surface area contributed by atoms with E-state index in [1.807, 2.05) is 18.2 Å². The number of aromatic nitrogens is 1. The molecule has 7 nitrogen and oxygen atoms in total. The van der Waals surface area contributed by atoms with Gasteiger partial charge in [0.25, 0.3) is 0 Å². The van der Waals surface area contributed by atoms with Gasteiger partial charge in [-0.2, -0.15) is 0 Å². The third kappa shape index (κ3) is 6.62. The fraction of sp³-hybridized carbons (Fsp3) is 0.381. The van der Waals surface area contributed by atoms with Crippen LogP contribution < -0.4 is 5.32 Å². The van der Waals surface area contributed by atoms with Crippen molar-refractivity contribution < 1.29 is 19.1 Å². The summed E-state index contributed by atoms with van der Waals surface area (Å²) in [6.07, 6.45) is 1.65. The van der Waals surface area contributed by atoms with Gasteiger partial charge in [0.1, 0.15) is 5.82 Å². The van der Waals surface area contributed by atoms with Gasteiger partial charge in [0.15, 0.2) is 0 Å². The minimum Gasteiger partial charge on any atom is -0.481 e. The zero-order valence-corrected chi connectivity index (χ0v) is 16.1. The van der Waals surface area contributed by atoms with E-state index < -0.39 is 23.6 Å². The van der Waals surface area contributed by atoms with Crippen LogP contribution in [0, 0.1) is 11.7 Å². The van der Waals surface area contributed by atoms with E-state index in [2.05, 4.69) is 20.1 Å². The highest BCUT2D eigenvalue weighted by atomic mass is 19.1. The molecule has 8 heteroatoms. The molecule has 2 N–H and O–H groups in total. The Balaban J connectivity index is 1.46. The monoisotopic (exact) mass is 400 g/mol. The van der Waals surface area contributed by atoms with Crippen molar-refractivity contribution in [2.24, 2.45) is 5.92 Å². The lowest BCUT2D eigenvalue weighted by atomic mass is 10.0. The Morgan fingerprint density at radius 3 is 2.38 bits per heavy atom. The topological polar surface area (TPSA) is 85.8 Å². The SMILES string of the molecule is O=C(C[C@H](CN1CCN(Cc2ccccn2)CC1)C(=O)O)Nc1ccc(F)cc1. The van der Waals surface area contributed by atoms with Crippen LogP contribution in [0.25, 0.3) is 0 Å². The summed E-state index contributed by atoms with van der Waals surface area (Å²) >= 11 is 0. The van der Waals surface area contributed by atoms with Crippen LogP contribution in [0.2, 0.25) is 0 Å². The van der Waals surface area contributed by atoms with Crippen LogP contribution in [0.3, 0.4) is 0 Å². The molecule has 0 unspecified atom stereocenters. The second-order valence-corrected chi connectivity index (χ2v) is 7.19. The number of nitrogens with zero attached hydrogens (tertiary/aromatic N) is 3. The average Bonchev–Trinajstić information content (AvgIpc) is 2.71. The molecule has 1 aliphatic rings. The number of piperazine rings is 1. The third-order valence-electron chi connectivity index (χ3n) is 4.96.